The third-order valence-electron chi connectivity index (χ3n) is 6.10. The van der Waals surface area contributed by atoms with E-state index in [2.05, 4.69) is 65.3 Å². The highest BCUT2D eigenvalue weighted by atomic mass is 35.5. The molecule has 0 aliphatic rings. The first-order valence-electron chi connectivity index (χ1n) is 12.5. The number of hydrogen-bond acceptors (Lipinski definition) is 3. The molecule has 1 heterocycles. The highest BCUT2D eigenvalue weighted by Gasteiger charge is 2.17. The van der Waals surface area contributed by atoms with E-state index >= 15 is 0 Å². The lowest BCUT2D eigenvalue weighted by atomic mass is 10.0. The molecule has 0 spiro atoms. The number of amides is 1. The Hall–Kier alpha value is -3.57. The Balaban J connectivity index is 1.24. The molecule has 0 saturated heterocycles. The van der Waals surface area contributed by atoms with Crippen LogP contribution in [0.25, 0.3) is 22.5 Å². The molecule has 3 aromatic carbocycles. The van der Waals surface area contributed by atoms with Crippen LogP contribution in [-0.4, -0.2) is 22.2 Å². The number of aromatic nitrogens is 2. The third-order valence-corrected chi connectivity index (χ3v) is 6.36. The summed E-state index contributed by atoms with van der Waals surface area (Å²) in [5.74, 6) is 1.52. The van der Waals surface area contributed by atoms with Crippen LogP contribution < -0.4 is 10.1 Å². The molecule has 0 unspecified atom stereocenters. The van der Waals surface area contributed by atoms with E-state index in [0.29, 0.717) is 17.3 Å². The fourth-order valence-corrected chi connectivity index (χ4v) is 4.41. The van der Waals surface area contributed by atoms with Crippen LogP contribution in [0.5, 0.6) is 5.75 Å². The molecule has 4 aromatic rings. The number of nitrogens with one attached hydrogen (secondary N) is 1. The molecule has 0 radical (unpaired) electrons. The number of imidazole rings is 1. The largest absolute Gasteiger partial charge is 0.412 e. The fourth-order valence-electron chi connectivity index (χ4n) is 4.29. The van der Waals surface area contributed by atoms with Gasteiger partial charge in [-0.2, -0.15) is 0 Å². The van der Waals surface area contributed by atoms with Gasteiger partial charge < -0.3 is 14.6 Å². The Labute approximate surface area is 218 Å². The smallest absolute Gasteiger partial charge is 0.410 e. The van der Waals surface area contributed by atoms with Crippen LogP contribution in [0.3, 0.4) is 0 Å². The summed E-state index contributed by atoms with van der Waals surface area (Å²) in [6.45, 7) is 3.63. The Morgan fingerprint density at radius 3 is 2.14 bits per heavy atom. The minimum Gasteiger partial charge on any atom is -0.410 e. The predicted octanol–water partition coefficient (Wildman–Crippen LogP) is 7.92. The number of ether oxygens (including phenoxy) is 1. The first kappa shape index (κ1) is 25.5. The molecule has 36 heavy (non-hydrogen) atoms. The Morgan fingerprint density at radius 1 is 0.833 bits per heavy atom. The molecule has 1 N–H and O–H groups in total. The van der Waals surface area contributed by atoms with Crippen LogP contribution >= 0.6 is 11.6 Å². The summed E-state index contributed by atoms with van der Waals surface area (Å²) in [5.41, 5.74) is 4.55. The van der Waals surface area contributed by atoms with E-state index in [1.54, 1.807) is 24.3 Å². The number of unbranched alkanes of at least 4 members (excludes halogenated alkanes) is 4. The molecular weight excluding hydrogens is 470 g/mol. The maximum atomic E-state index is 11.9. The fraction of sp³-hybridized carbons (Fsp3) is 0.267. The lowest BCUT2D eigenvalue weighted by molar-refractivity contribution is 0.200. The molecule has 0 bridgehead atoms. The minimum absolute atomic E-state index is 0.435. The van der Waals surface area contributed by atoms with Crippen LogP contribution in [0.15, 0.2) is 84.9 Å². The lowest BCUT2D eigenvalue weighted by Crippen LogP contribution is -2.27. The van der Waals surface area contributed by atoms with E-state index in [4.69, 9.17) is 21.3 Å². The van der Waals surface area contributed by atoms with Gasteiger partial charge in [0.05, 0.1) is 11.4 Å². The summed E-state index contributed by atoms with van der Waals surface area (Å²) >= 11 is 5.85. The van der Waals surface area contributed by atoms with Crippen LogP contribution in [0.2, 0.25) is 5.02 Å². The van der Waals surface area contributed by atoms with Gasteiger partial charge in [0.25, 0.3) is 0 Å². The Bertz CT molecular complexity index is 1240. The molecule has 0 fully saturated rings. The highest BCUT2D eigenvalue weighted by Crippen LogP contribution is 2.33. The van der Waals surface area contributed by atoms with Crippen molar-refractivity contribution in [2.45, 2.75) is 45.6 Å². The maximum absolute atomic E-state index is 11.9. The van der Waals surface area contributed by atoms with E-state index in [1.165, 1.54) is 11.3 Å². The topological polar surface area (TPSA) is 56.2 Å². The van der Waals surface area contributed by atoms with Crippen LogP contribution in [-0.2, 0) is 6.54 Å². The third kappa shape index (κ3) is 6.98. The average Bonchev–Trinajstić information content (AvgIpc) is 3.24. The van der Waals surface area contributed by atoms with Crippen molar-refractivity contribution in [2.24, 2.45) is 0 Å². The highest BCUT2D eigenvalue weighted by molar-refractivity contribution is 6.30. The van der Waals surface area contributed by atoms with Gasteiger partial charge in [-0.1, -0.05) is 91.5 Å². The normalized spacial score (nSPS) is 10.8. The SMILES string of the molecule is Cc1nc(-c2ccccc2)c(-c2ccccc2)n1CCCCCCCNC(=O)Oc1ccc(Cl)cc1. The van der Waals surface area contributed by atoms with E-state index in [0.717, 1.165) is 55.7 Å². The van der Waals surface area contributed by atoms with Gasteiger partial charge in [-0.25, -0.2) is 9.78 Å². The molecule has 1 aromatic heterocycles. The van der Waals surface area contributed by atoms with Crippen molar-refractivity contribution in [2.75, 3.05) is 6.54 Å². The number of aryl methyl sites for hydroxylation is 1. The molecular formula is C30H32ClN3O2. The second-order valence-corrected chi connectivity index (χ2v) is 9.21. The molecule has 5 nitrogen and oxygen atoms in total. The van der Waals surface area contributed by atoms with Gasteiger partial charge in [-0.15, -0.1) is 0 Å². The molecule has 0 aliphatic heterocycles. The molecule has 1 amide bonds. The number of carbonyl (C=O) groups excluding carboxylic acids is 1. The number of benzene rings is 3. The molecule has 0 aliphatic carbocycles. The maximum Gasteiger partial charge on any atom is 0.412 e. The van der Waals surface area contributed by atoms with Gasteiger partial charge >= 0.3 is 6.09 Å². The molecule has 186 valence electrons. The second-order valence-electron chi connectivity index (χ2n) is 8.78. The zero-order valence-electron chi connectivity index (χ0n) is 20.6. The van der Waals surface area contributed by atoms with Crippen molar-refractivity contribution in [3.05, 3.63) is 95.8 Å². The predicted molar refractivity (Wildman–Crippen MR) is 146 cm³/mol. The number of halogens is 1. The van der Waals surface area contributed by atoms with Gasteiger partial charge in [0.1, 0.15) is 11.6 Å². The summed E-state index contributed by atoms with van der Waals surface area (Å²) in [7, 11) is 0. The average molecular weight is 502 g/mol. The second kappa shape index (κ2) is 12.9. The van der Waals surface area contributed by atoms with Gasteiger partial charge in [-0.05, 0) is 44.0 Å². The zero-order chi connectivity index (χ0) is 25.2. The molecule has 0 saturated carbocycles. The van der Waals surface area contributed by atoms with Gasteiger partial charge in [-0.3, -0.25) is 0 Å². The molecule has 0 atom stereocenters. The van der Waals surface area contributed by atoms with Crippen molar-refractivity contribution in [1.29, 1.82) is 0 Å². The lowest BCUT2D eigenvalue weighted by Gasteiger charge is -2.12. The van der Waals surface area contributed by atoms with Crippen molar-refractivity contribution < 1.29 is 9.53 Å². The van der Waals surface area contributed by atoms with Crippen molar-refractivity contribution in [3.63, 3.8) is 0 Å². The van der Waals surface area contributed by atoms with Crippen LogP contribution in [0.1, 0.15) is 37.9 Å². The summed E-state index contributed by atoms with van der Waals surface area (Å²) < 4.78 is 7.59. The molecule has 6 heteroatoms. The zero-order valence-corrected chi connectivity index (χ0v) is 21.4. The van der Waals surface area contributed by atoms with Crippen molar-refractivity contribution in [1.82, 2.24) is 14.9 Å². The number of rotatable bonds is 11. The van der Waals surface area contributed by atoms with Crippen molar-refractivity contribution >= 4 is 17.7 Å². The Kier molecular flexibility index (Phi) is 9.17. The summed E-state index contributed by atoms with van der Waals surface area (Å²) in [4.78, 5) is 16.9. The summed E-state index contributed by atoms with van der Waals surface area (Å²) in [5, 5.41) is 3.42. The summed E-state index contributed by atoms with van der Waals surface area (Å²) in [6, 6.07) is 27.7. The number of hydrogen-bond donors (Lipinski definition) is 1. The van der Waals surface area contributed by atoms with E-state index in [-0.39, 0.29) is 0 Å². The standard InChI is InChI=1S/C30H32ClN3O2/c1-23-33-28(24-13-7-5-8-14-24)29(25-15-9-6-10-16-25)34(23)22-12-4-2-3-11-21-32-30(35)36-27-19-17-26(31)18-20-27/h5-10,13-20H,2-4,11-12,21-22H2,1H3,(H,32,35). The molecule has 4 rings (SSSR count). The van der Waals surface area contributed by atoms with Crippen molar-refractivity contribution in [3.8, 4) is 28.3 Å². The van der Waals surface area contributed by atoms with Gasteiger partial charge in [0.2, 0.25) is 0 Å². The van der Waals surface area contributed by atoms with E-state index in [1.807, 2.05) is 12.1 Å². The number of nitrogens with zero attached hydrogens (tertiary/aromatic N) is 2. The van der Waals surface area contributed by atoms with E-state index < -0.39 is 6.09 Å². The Morgan fingerprint density at radius 2 is 1.44 bits per heavy atom. The van der Waals surface area contributed by atoms with Crippen LogP contribution in [0.4, 0.5) is 4.79 Å². The minimum atomic E-state index is -0.435. The first-order chi connectivity index (χ1) is 17.6. The van der Waals surface area contributed by atoms with Gasteiger partial charge in [0, 0.05) is 29.2 Å². The number of carbonyl (C=O) groups is 1. The van der Waals surface area contributed by atoms with Gasteiger partial charge in [0.15, 0.2) is 0 Å². The monoisotopic (exact) mass is 501 g/mol. The quantitative estimate of drug-likeness (QED) is 0.212. The first-order valence-corrected chi connectivity index (χ1v) is 12.9. The summed E-state index contributed by atoms with van der Waals surface area (Å²) in [6.07, 6.45) is 4.88. The van der Waals surface area contributed by atoms with E-state index in [9.17, 15) is 4.79 Å². The van der Waals surface area contributed by atoms with Crippen LogP contribution in [0, 0.1) is 6.92 Å².